The SMILES string of the molecule is CN1CCCCC1CNC(=O)NC(C)(C)C(C)(C)C(=O)O. The van der Waals surface area contributed by atoms with Crippen molar-refractivity contribution in [1.82, 2.24) is 15.5 Å². The molecule has 0 radical (unpaired) electrons. The Kier molecular flexibility index (Phi) is 5.61. The van der Waals surface area contributed by atoms with Crippen molar-refractivity contribution in [3.63, 3.8) is 0 Å². The smallest absolute Gasteiger partial charge is 0.315 e. The molecule has 0 aromatic rings. The zero-order valence-electron chi connectivity index (χ0n) is 13.8. The molecule has 1 rings (SSSR count). The number of piperidine rings is 1. The van der Waals surface area contributed by atoms with Crippen molar-refractivity contribution in [3.05, 3.63) is 0 Å². The second-order valence-electron chi connectivity index (χ2n) is 7.02. The first kappa shape index (κ1) is 17.8. The average Bonchev–Trinajstić information content (AvgIpc) is 2.36. The Morgan fingerprint density at radius 1 is 1.24 bits per heavy atom. The summed E-state index contributed by atoms with van der Waals surface area (Å²) in [7, 11) is 2.07. The number of likely N-dealkylation sites (N-methyl/N-ethyl adjacent to an activating group) is 1. The van der Waals surface area contributed by atoms with Gasteiger partial charge in [0, 0.05) is 12.6 Å². The highest BCUT2D eigenvalue weighted by molar-refractivity contribution is 5.79. The monoisotopic (exact) mass is 299 g/mol. The molecule has 0 spiro atoms. The summed E-state index contributed by atoms with van der Waals surface area (Å²) in [6.45, 7) is 8.34. The van der Waals surface area contributed by atoms with Gasteiger partial charge in [-0.3, -0.25) is 4.79 Å². The number of carbonyl (C=O) groups is 2. The zero-order chi connectivity index (χ0) is 16.3. The second-order valence-corrected chi connectivity index (χ2v) is 7.02. The van der Waals surface area contributed by atoms with Gasteiger partial charge in [-0.05, 0) is 54.1 Å². The number of nitrogens with one attached hydrogen (secondary N) is 2. The van der Waals surface area contributed by atoms with E-state index in [1.807, 2.05) is 0 Å². The van der Waals surface area contributed by atoms with Crippen LogP contribution in [0.4, 0.5) is 4.79 Å². The molecular formula is C15H29N3O3. The molecule has 1 fully saturated rings. The Morgan fingerprint density at radius 2 is 1.86 bits per heavy atom. The summed E-state index contributed by atoms with van der Waals surface area (Å²) in [4.78, 5) is 25.6. The molecule has 2 amide bonds. The molecule has 1 aliphatic heterocycles. The van der Waals surface area contributed by atoms with E-state index >= 15 is 0 Å². The first-order valence-electron chi connectivity index (χ1n) is 7.57. The lowest BCUT2D eigenvalue weighted by Crippen LogP contribution is -2.59. The van der Waals surface area contributed by atoms with E-state index in [4.69, 9.17) is 0 Å². The van der Waals surface area contributed by atoms with Crippen LogP contribution in [0.15, 0.2) is 0 Å². The first-order valence-corrected chi connectivity index (χ1v) is 7.57. The van der Waals surface area contributed by atoms with Gasteiger partial charge in [-0.25, -0.2) is 4.79 Å². The molecule has 122 valence electrons. The minimum atomic E-state index is -1.05. The van der Waals surface area contributed by atoms with Crippen molar-refractivity contribution in [1.29, 1.82) is 0 Å². The number of hydrogen-bond acceptors (Lipinski definition) is 3. The predicted molar refractivity (Wildman–Crippen MR) is 82.3 cm³/mol. The molecule has 21 heavy (non-hydrogen) atoms. The fourth-order valence-corrected chi connectivity index (χ4v) is 2.36. The van der Waals surface area contributed by atoms with Crippen LogP contribution in [0.3, 0.4) is 0 Å². The molecule has 1 saturated heterocycles. The van der Waals surface area contributed by atoms with E-state index in [-0.39, 0.29) is 6.03 Å². The van der Waals surface area contributed by atoms with Crippen LogP contribution < -0.4 is 10.6 Å². The fourth-order valence-electron chi connectivity index (χ4n) is 2.36. The number of nitrogens with zero attached hydrogens (tertiary/aromatic N) is 1. The number of urea groups is 1. The van der Waals surface area contributed by atoms with Crippen LogP contribution in [0.2, 0.25) is 0 Å². The zero-order valence-corrected chi connectivity index (χ0v) is 13.8. The summed E-state index contributed by atoms with van der Waals surface area (Å²) >= 11 is 0. The highest BCUT2D eigenvalue weighted by atomic mass is 16.4. The second kappa shape index (κ2) is 6.64. The van der Waals surface area contributed by atoms with Crippen LogP contribution in [-0.2, 0) is 4.79 Å². The summed E-state index contributed by atoms with van der Waals surface area (Å²) in [5.41, 5.74) is -1.90. The Labute approximate surface area is 127 Å². The van der Waals surface area contributed by atoms with Gasteiger partial charge in [0.25, 0.3) is 0 Å². The minimum absolute atomic E-state index is 0.312. The molecule has 0 saturated carbocycles. The van der Waals surface area contributed by atoms with E-state index < -0.39 is 16.9 Å². The Bertz CT molecular complexity index is 394. The number of aliphatic carboxylic acids is 1. The number of amides is 2. The number of rotatable bonds is 5. The van der Waals surface area contributed by atoms with Crippen molar-refractivity contribution >= 4 is 12.0 Å². The van der Waals surface area contributed by atoms with Crippen LogP contribution >= 0.6 is 0 Å². The third kappa shape index (κ3) is 4.33. The van der Waals surface area contributed by atoms with Gasteiger partial charge in [0.15, 0.2) is 0 Å². The molecule has 3 N–H and O–H groups in total. The van der Waals surface area contributed by atoms with Gasteiger partial charge in [-0.2, -0.15) is 0 Å². The molecule has 1 heterocycles. The van der Waals surface area contributed by atoms with Gasteiger partial charge >= 0.3 is 12.0 Å². The van der Waals surface area contributed by atoms with Crippen LogP contribution in [0.25, 0.3) is 0 Å². The lowest BCUT2D eigenvalue weighted by atomic mass is 9.74. The molecule has 0 aromatic carbocycles. The summed E-state index contributed by atoms with van der Waals surface area (Å²) in [5, 5.41) is 14.9. The van der Waals surface area contributed by atoms with Gasteiger partial charge in [-0.15, -0.1) is 0 Å². The maximum Gasteiger partial charge on any atom is 0.315 e. The average molecular weight is 299 g/mol. The van der Waals surface area contributed by atoms with E-state index in [1.165, 1.54) is 12.8 Å². The number of carboxylic acids is 1. The first-order chi connectivity index (χ1) is 9.58. The summed E-state index contributed by atoms with van der Waals surface area (Å²) < 4.78 is 0. The highest BCUT2D eigenvalue weighted by Gasteiger charge is 2.44. The number of hydrogen-bond donors (Lipinski definition) is 3. The van der Waals surface area contributed by atoms with Crippen molar-refractivity contribution in [2.24, 2.45) is 5.41 Å². The van der Waals surface area contributed by atoms with Crippen LogP contribution in [-0.4, -0.2) is 53.7 Å². The lowest BCUT2D eigenvalue weighted by Gasteiger charge is -2.39. The van der Waals surface area contributed by atoms with Crippen molar-refractivity contribution in [3.8, 4) is 0 Å². The molecule has 0 aromatic heterocycles. The van der Waals surface area contributed by atoms with E-state index in [1.54, 1.807) is 27.7 Å². The van der Waals surface area contributed by atoms with Gasteiger partial charge in [0.1, 0.15) is 0 Å². The summed E-state index contributed by atoms with van der Waals surface area (Å²) in [6.07, 6.45) is 3.48. The van der Waals surface area contributed by atoms with Crippen molar-refractivity contribution < 1.29 is 14.7 Å². The topological polar surface area (TPSA) is 81.7 Å². The molecule has 0 bridgehead atoms. The Morgan fingerprint density at radius 3 is 2.38 bits per heavy atom. The van der Waals surface area contributed by atoms with Gasteiger partial charge < -0.3 is 20.6 Å². The Hall–Kier alpha value is -1.30. The number of carboxylic acid groups (broad SMARTS) is 1. The van der Waals surface area contributed by atoms with Gasteiger partial charge in [0.05, 0.1) is 11.0 Å². The highest BCUT2D eigenvalue weighted by Crippen LogP contribution is 2.30. The summed E-state index contributed by atoms with van der Waals surface area (Å²) in [5.74, 6) is -0.931. The molecule has 1 unspecified atom stereocenters. The lowest BCUT2D eigenvalue weighted by molar-refractivity contribution is -0.150. The van der Waals surface area contributed by atoms with E-state index in [0.29, 0.717) is 12.6 Å². The molecule has 6 heteroatoms. The molecule has 6 nitrogen and oxygen atoms in total. The summed E-state index contributed by atoms with van der Waals surface area (Å²) in [6, 6.07) is 0.0494. The normalized spacial score (nSPS) is 20.9. The molecule has 1 atom stereocenters. The van der Waals surface area contributed by atoms with Gasteiger partial charge in [0.2, 0.25) is 0 Å². The Balaban J connectivity index is 2.51. The van der Waals surface area contributed by atoms with E-state index in [9.17, 15) is 14.7 Å². The van der Waals surface area contributed by atoms with Crippen LogP contribution in [0.1, 0.15) is 47.0 Å². The molecular weight excluding hydrogens is 270 g/mol. The molecule has 1 aliphatic rings. The largest absolute Gasteiger partial charge is 0.481 e. The number of likely N-dealkylation sites (tertiary alicyclic amines) is 1. The van der Waals surface area contributed by atoms with E-state index in [2.05, 4.69) is 22.6 Å². The molecule has 0 aliphatic carbocycles. The van der Waals surface area contributed by atoms with Crippen molar-refractivity contribution in [2.45, 2.75) is 58.5 Å². The maximum atomic E-state index is 12.0. The van der Waals surface area contributed by atoms with Crippen LogP contribution in [0.5, 0.6) is 0 Å². The van der Waals surface area contributed by atoms with E-state index in [0.717, 1.165) is 13.0 Å². The third-order valence-electron chi connectivity index (χ3n) is 4.94. The minimum Gasteiger partial charge on any atom is -0.481 e. The predicted octanol–water partition coefficient (Wildman–Crippen LogP) is 1.66. The van der Waals surface area contributed by atoms with Crippen molar-refractivity contribution in [2.75, 3.05) is 20.1 Å². The quantitative estimate of drug-likeness (QED) is 0.721. The third-order valence-corrected chi connectivity index (χ3v) is 4.94. The van der Waals surface area contributed by atoms with Gasteiger partial charge in [-0.1, -0.05) is 6.42 Å². The fraction of sp³-hybridized carbons (Fsp3) is 0.867. The number of carbonyl (C=O) groups excluding carboxylic acids is 1. The standard InChI is InChI=1S/C15H29N3O3/c1-14(2,12(19)20)15(3,4)17-13(21)16-10-11-8-6-7-9-18(11)5/h11H,6-10H2,1-5H3,(H,19,20)(H2,16,17,21). The maximum absolute atomic E-state index is 12.0. The van der Waals surface area contributed by atoms with Crippen LogP contribution in [0, 0.1) is 5.41 Å².